The molecule has 34 heavy (non-hydrogen) atoms. The predicted octanol–water partition coefficient (Wildman–Crippen LogP) is 4.69. The molecule has 0 saturated heterocycles. The van der Waals surface area contributed by atoms with E-state index < -0.39 is 11.6 Å². The number of aromatic nitrogens is 1. The van der Waals surface area contributed by atoms with Crippen molar-refractivity contribution in [2.24, 2.45) is 0 Å². The Labute approximate surface area is 194 Å². The minimum absolute atomic E-state index is 0.214. The quantitative estimate of drug-likeness (QED) is 0.419. The average Bonchev–Trinajstić information content (AvgIpc) is 2.88. The molecule has 0 amide bonds. The Kier molecular flexibility index (Phi) is 4.73. The van der Waals surface area contributed by atoms with E-state index in [0.717, 1.165) is 11.4 Å². The van der Waals surface area contributed by atoms with E-state index in [9.17, 15) is 9.59 Å². The normalized spacial score (nSPS) is 14.4. The number of para-hydroxylation sites is 3. The molecular weight excluding hydrogens is 432 g/mol. The number of fused-ring (bicyclic) bond motifs is 4. The first-order chi connectivity index (χ1) is 16.7. The summed E-state index contributed by atoms with van der Waals surface area (Å²) in [7, 11) is 0. The van der Waals surface area contributed by atoms with E-state index in [0.29, 0.717) is 46.9 Å². The fourth-order valence-electron chi connectivity index (χ4n) is 4.15. The van der Waals surface area contributed by atoms with Gasteiger partial charge in [-0.15, -0.1) is 0 Å². The molecule has 3 heterocycles. The minimum atomic E-state index is -0.520. The molecule has 0 fully saturated rings. The van der Waals surface area contributed by atoms with E-state index in [1.165, 1.54) is 0 Å². The van der Waals surface area contributed by atoms with Crippen LogP contribution in [0.15, 0.2) is 106 Å². The fraction of sp³-hybridized carbons (Fsp3) is 0.0741. The second-order valence-electron chi connectivity index (χ2n) is 7.87. The van der Waals surface area contributed by atoms with E-state index in [1.807, 2.05) is 41.3 Å². The van der Waals surface area contributed by atoms with Crippen molar-refractivity contribution in [3.63, 3.8) is 0 Å². The maximum absolute atomic E-state index is 12.8. The zero-order chi connectivity index (χ0) is 23.1. The van der Waals surface area contributed by atoms with Crippen LogP contribution < -0.4 is 15.3 Å². The molecule has 0 N–H and O–H groups in total. The molecule has 0 saturated carbocycles. The highest BCUT2D eigenvalue weighted by molar-refractivity contribution is 5.90. The SMILES string of the molecule is O=C(OC1=CCN2C(=C1)COc1cccc(-c3nc4ccccc4oc3=O)c12)c1ccccc1. The van der Waals surface area contributed by atoms with Crippen LogP contribution >= 0.6 is 0 Å². The van der Waals surface area contributed by atoms with Crippen LogP contribution in [0, 0.1) is 0 Å². The highest BCUT2D eigenvalue weighted by atomic mass is 16.5. The van der Waals surface area contributed by atoms with Gasteiger partial charge in [-0.3, -0.25) is 0 Å². The van der Waals surface area contributed by atoms with Gasteiger partial charge in [0, 0.05) is 18.2 Å². The summed E-state index contributed by atoms with van der Waals surface area (Å²) in [4.78, 5) is 31.9. The first-order valence-electron chi connectivity index (χ1n) is 10.8. The molecule has 0 spiro atoms. The van der Waals surface area contributed by atoms with Crippen LogP contribution in [0.4, 0.5) is 5.69 Å². The molecule has 0 unspecified atom stereocenters. The molecule has 0 bridgehead atoms. The Hall–Kier alpha value is -4.65. The number of allylic oxidation sites excluding steroid dienone is 1. The summed E-state index contributed by atoms with van der Waals surface area (Å²) in [5.41, 5.74) is 3.34. The topological polar surface area (TPSA) is 81.9 Å². The van der Waals surface area contributed by atoms with Gasteiger partial charge < -0.3 is 18.8 Å². The zero-order valence-corrected chi connectivity index (χ0v) is 17.9. The molecule has 1 aromatic heterocycles. The molecule has 2 aliphatic rings. The molecule has 0 atom stereocenters. The molecule has 7 nitrogen and oxygen atoms in total. The van der Waals surface area contributed by atoms with E-state index in [2.05, 4.69) is 4.98 Å². The second kappa shape index (κ2) is 8.04. The summed E-state index contributed by atoms with van der Waals surface area (Å²) in [6.07, 6.45) is 3.60. The molecule has 166 valence electrons. The van der Waals surface area contributed by atoms with Crippen molar-refractivity contribution in [2.75, 3.05) is 18.1 Å². The average molecular weight is 450 g/mol. The van der Waals surface area contributed by atoms with Crippen LogP contribution in [0.2, 0.25) is 0 Å². The number of benzene rings is 3. The maximum Gasteiger partial charge on any atom is 0.363 e. The monoisotopic (exact) mass is 450 g/mol. The lowest BCUT2D eigenvalue weighted by atomic mass is 10.0. The maximum atomic E-state index is 12.8. The van der Waals surface area contributed by atoms with Crippen molar-refractivity contribution in [1.29, 1.82) is 0 Å². The standard InChI is InChI=1S/C27H18N2O5/c30-26(17-7-2-1-3-8-17)33-19-13-14-29-18(15-19)16-32-23-12-6-9-20(25(23)29)24-27(31)34-22-11-5-4-10-21(22)28-24/h1-13,15H,14,16H2. The molecule has 4 aromatic rings. The van der Waals surface area contributed by atoms with Crippen molar-refractivity contribution >= 4 is 22.8 Å². The van der Waals surface area contributed by atoms with Gasteiger partial charge in [-0.05, 0) is 36.4 Å². The molecule has 2 aliphatic heterocycles. The van der Waals surface area contributed by atoms with E-state index in [1.54, 1.807) is 48.5 Å². The summed E-state index contributed by atoms with van der Waals surface area (Å²) in [5.74, 6) is 0.669. The Morgan fingerprint density at radius 2 is 1.79 bits per heavy atom. The molecule has 3 aromatic carbocycles. The minimum Gasteiger partial charge on any atom is -0.485 e. The van der Waals surface area contributed by atoms with Gasteiger partial charge in [0.2, 0.25) is 0 Å². The summed E-state index contributed by atoms with van der Waals surface area (Å²) in [6.45, 7) is 0.742. The van der Waals surface area contributed by atoms with Gasteiger partial charge in [-0.1, -0.05) is 42.5 Å². The highest BCUT2D eigenvalue weighted by Gasteiger charge is 2.30. The predicted molar refractivity (Wildman–Crippen MR) is 127 cm³/mol. The van der Waals surface area contributed by atoms with Crippen molar-refractivity contribution < 1.29 is 18.7 Å². The first-order valence-corrected chi connectivity index (χ1v) is 10.8. The lowest BCUT2D eigenvalue weighted by Crippen LogP contribution is -2.34. The number of hydrogen-bond acceptors (Lipinski definition) is 7. The van der Waals surface area contributed by atoms with E-state index >= 15 is 0 Å². The van der Waals surface area contributed by atoms with Crippen molar-refractivity contribution in [2.45, 2.75) is 0 Å². The second-order valence-corrected chi connectivity index (χ2v) is 7.87. The summed E-state index contributed by atoms with van der Waals surface area (Å²) < 4.78 is 17.1. The summed E-state index contributed by atoms with van der Waals surface area (Å²) in [6, 6.07) is 21.5. The third kappa shape index (κ3) is 3.44. The number of nitrogens with zero attached hydrogens (tertiary/aromatic N) is 2. The van der Waals surface area contributed by atoms with Crippen LogP contribution in [-0.2, 0) is 4.74 Å². The van der Waals surface area contributed by atoms with Gasteiger partial charge >= 0.3 is 11.6 Å². The molecule has 0 aliphatic carbocycles. The van der Waals surface area contributed by atoms with E-state index in [-0.39, 0.29) is 5.69 Å². The van der Waals surface area contributed by atoms with E-state index in [4.69, 9.17) is 13.9 Å². The highest BCUT2D eigenvalue weighted by Crippen LogP contribution is 2.43. The third-order valence-corrected chi connectivity index (χ3v) is 5.74. The smallest absolute Gasteiger partial charge is 0.363 e. The van der Waals surface area contributed by atoms with Crippen molar-refractivity contribution in [3.8, 4) is 17.0 Å². The van der Waals surface area contributed by atoms with Gasteiger partial charge in [-0.25, -0.2) is 14.6 Å². The van der Waals surface area contributed by atoms with Gasteiger partial charge in [-0.2, -0.15) is 0 Å². The van der Waals surface area contributed by atoms with Crippen LogP contribution in [-0.4, -0.2) is 24.1 Å². The van der Waals surface area contributed by atoms with Gasteiger partial charge in [0.15, 0.2) is 11.3 Å². The number of carbonyl (C=O) groups is 1. The Morgan fingerprint density at radius 1 is 0.971 bits per heavy atom. The number of esters is 1. The zero-order valence-electron chi connectivity index (χ0n) is 17.9. The van der Waals surface area contributed by atoms with Crippen molar-refractivity contribution in [1.82, 2.24) is 4.98 Å². The molecular formula is C27H18N2O5. The largest absolute Gasteiger partial charge is 0.485 e. The molecule has 6 rings (SSSR count). The molecule has 0 radical (unpaired) electrons. The first kappa shape index (κ1) is 20.0. The number of carbonyl (C=O) groups excluding carboxylic acids is 1. The van der Waals surface area contributed by atoms with Gasteiger partial charge in [0.1, 0.15) is 23.6 Å². The van der Waals surface area contributed by atoms with Crippen molar-refractivity contribution in [3.05, 3.63) is 112 Å². The molecule has 7 heteroatoms. The van der Waals surface area contributed by atoms with Crippen LogP contribution in [0.5, 0.6) is 5.75 Å². The number of ether oxygens (including phenoxy) is 2. The Bertz CT molecular complexity index is 1550. The van der Waals surface area contributed by atoms with Gasteiger partial charge in [0.25, 0.3) is 0 Å². The fourth-order valence-corrected chi connectivity index (χ4v) is 4.15. The summed E-state index contributed by atoms with van der Waals surface area (Å²) in [5, 5.41) is 0. The number of hydrogen-bond donors (Lipinski definition) is 0. The van der Waals surface area contributed by atoms with Crippen LogP contribution in [0.1, 0.15) is 10.4 Å². The lowest BCUT2D eigenvalue weighted by molar-refractivity contribution is 0.0634. The third-order valence-electron chi connectivity index (χ3n) is 5.74. The Balaban J connectivity index is 1.36. The Morgan fingerprint density at radius 3 is 2.68 bits per heavy atom. The summed E-state index contributed by atoms with van der Waals surface area (Å²) >= 11 is 0. The van der Waals surface area contributed by atoms with Crippen LogP contribution in [0.25, 0.3) is 22.4 Å². The van der Waals surface area contributed by atoms with Crippen LogP contribution in [0.3, 0.4) is 0 Å². The van der Waals surface area contributed by atoms with Gasteiger partial charge in [0.05, 0.1) is 16.9 Å². The number of rotatable bonds is 3. The lowest BCUT2D eigenvalue weighted by Gasteiger charge is -2.36. The number of anilines is 1.